The van der Waals surface area contributed by atoms with E-state index in [9.17, 15) is 4.79 Å². The van der Waals surface area contributed by atoms with E-state index in [1.165, 1.54) is 11.1 Å². The van der Waals surface area contributed by atoms with E-state index in [1.54, 1.807) is 0 Å². The molecule has 1 atom stereocenters. The molecule has 1 unspecified atom stereocenters. The van der Waals surface area contributed by atoms with Crippen LogP contribution in [0.5, 0.6) is 0 Å². The number of hydrazine groups is 1. The zero-order chi connectivity index (χ0) is 15.0. The molecule has 5 heteroatoms. The minimum Gasteiger partial charge on any atom is -0.349 e. The van der Waals surface area contributed by atoms with E-state index in [2.05, 4.69) is 47.2 Å². The molecule has 0 fully saturated rings. The third-order valence-electron chi connectivity index (χ3n) is 4.30. The maximum absolute atomic E-state index is 11.9. The Kier molecular flexibility index (Phi) is 3.68. The highest BCUT2D eigenvalue weighted by Gasteiger charge is 2.34. The van der Waals surface area contributed by atoms with E-state index in [0.29, 0.717) is 6.42 Å². The fraction of sp³-hybridized carbons (Fsp3) is 0.500. The maximum atomic E-state index is 11.9. The fourth-order valence-electron chi connectivity index (χ4n) is 3.39. The molecule has 0 saturated heterocycles. The highest BCUT2D eigenvalue weighted by atomic mass is 16.1. The van der Waals surface area contributed by atoms with E-state index in [0.717, 1.165) is 31.0 Å². The maximum Gasteiger partial charge on any atom is 0.224 e. The lowest BCUT2D eigenvalue weighted by atomic mass is 9.87. The van der Waals surface area contributed by atoms with Crippen molar-refractivity contribution in [2.45, 2.75) is 33.2 Å². The van der Waals surface area contributed by atoms with Gasteiger partial charge in [-0.15, -0.1) is 0 Å². The molecule has 2 aliphatic rings. The van der Waals surface area contributed by atoms with Gasteiger partial charge in [0.05, 0.1) is 19.0 Å². The third kappa shape index (κ3) is 2.31. The molecule has 0 aromatic carbocycles. The van der Waals surface area contributed by atoms with Gasteiger partial charge in [0.2, 0.25) is 5.91 Å². The lowest BCUT2D eigenvalue weighted by Crippen LogP contribution is -2.49. The topological polar surface area (TPSA) is 48.5 Å². The van der Waals surface area contributed by atoms with Crippen molar-refractivity contribution in [3.05, 3.63) is 29.5 Å². The van der Waals surface area contributed by atoms with Crippen LogP contribution in [0, 0.1) is 0 Å². The first-order valence-corrected chi connectivity index (χ1v) is 7.64. The van der Waals surface area contributed by atoms with Crippen molar-refractivity contribution in [3.63, 3.8) is 0 Å². The number of hydrogen-bond acceptors (Lipinski definition) is 4. The van der Waals surface area contributed by atoms with Crippen molar-refractivity contribution in [3.8, 4) is 0 Å². The summed E-state index contributed by atoms with van der Waals surface area (Å²) in [5, 5.41) is 7.53. The van der Waals surface area contributed by atoms with E-state index in [-0.39, 0.29) is 11.9 Å². The number of rotatable bonds is 3. The molecule has 5 nitrogen and oxygen atoms in total. The van der Waals surface area contributed by atoms with Gasteiger partial charge in [-0.1, -0.05) is 13.8 Å². The number of nitrogens with one attached hydrogen (secondary N) is 1. The lowest BCUT2D eigenvalue weighted by molar-refractivity contribution is -0.121. The fourth-order valence-corrected chi connectivity index (χ4v) is 3.39. The minimum atomic E-state index is 0.0584. The largest absolute Gasteiger partial charge is 0.349 e. The summed E-state index contributed by atoms with van der Waals surface area (Å²) < 4.78 is 0. The van der Waals surface area contributed by atoms with Crippen LogP contribution in [0.3, 0.4) is 0 Å². The second kappa shape index (κ2) is 5.48. The molecule has 0 bridgehead atoms. The predicted octanol–water partition coefficient (Wildman–Crippen LogP) is 1.82. The molecule has 3 rings (SSSR count). The second-order valence-corrected chi connectivity index (χ2v) is 5.55. The molecule has 3 heterocycles. The molecule has 1 N–H and O–H groups in total. The van der Waals surface area contributed by atoms with Crippen molar-refractivity contribution in [2.24, 2.45) is 0 Å². The molecule has 1 aromatic rings. The van der Waals surface area contributed by atoms with Crippen LogP contribution in [0.4, 0.5) is 5.82 Å². The van der Waals surface area contributed by atoms with Gasteiger partial charge in [0, 0.05) is 24.8 Å². The van der Waals surface area contributed by atoms with Gasteiger partial charge >= 0.3 is 0 Å². The van der Waals surface area contributed by atoms with Crippen LogP contribution in [0.1, 0.15) is 32.8 Å². The molecule has 1 aromatic heterocycles. The molecule has 0 spiro atoms. The lowest BCUT2D eigenvalue weighted by Gasteiger charge is -2.42. The molecule has 0 saturated carbocycles. The smallest absolute Gasteiger partial charge is 0.224 e. The van der Waals surface area contributed by atoms with Gasteiger partial charge in [0.15, 0.2) is 5.82 Å². The summed E-state index contributed by atoms with van der Waals surface area (Å²) in [6, 6.07) is 4.14. The highest BCUT2D eigenvalue weighted by molar-refractivity contribution is 5.93. The zero-order valence-corrected chi connectivity index (χ0v) is 12.9. The van der Waals surface area contributed by atoms with E-state index in [4.69, 9.17) is 0 Å². The number of anilines is 1. The summed E-state index contributed by atoms with van der Waals surface area (Å²) in [5.41, 5.74) is 3.62. The Balaban J connectivity index is 2.11. The van der Waals surface area contributed by atoms with Crippen molar-refractivity contribution in [2.75, 3.05) is 24.6 Å². The average Bonchev–Trinajstić information content (AvgIpc) is 2.47. The van der Waals surface area contributed by atoms with E-state index < -0.39 is 0 Å². The number of nitrogens with zero attached hydrogens (tertiary/aromatic N) is 3. The first-order valence-electron chi connectivity index (χ1n) is 7.64. The van der Waals surface area contributed by atoms with Gasteiger partial charge in [0.25, 0.3) is 0 Å². The number of carbonyl (C=O) groups is 1. The normalized spacial score (nSPS) is 21.2. The van der Waals surface area contributed by atoms with Crippen LogP contribution in [0.25, 0.3) is 5.57 Å². The van der Waals surface area contributed by atoms with Crippen molar-refractivity contribution < 1.29 is 4.79 Å². The predicted molar refractivity (Wildman–Crippen MR) is 83.6 cm³/mol. The van der Waals surface area contributed by atoms with Crippen LogP contribution >= 0.6 is 0 Å². The standard InChI is InChI=1S/C16H22N4O/c1-4-19(5-2)20-10-12-9-14(21)18-11(3)15(12)13-7-6-8-17-16(13)20/h6-8,11H,4-5,9-10H2,1-3H3,(H,18,21). The molecule has 1 amide bonds. The molecule has 21 heavy (non-hydrogen) atoms. The number of aromatic nitrogens is 1. The van der Waals surface area contributed by atoms with Gasteiger partial charge in [-0.2, -0.15) is 0 Å². The number of amides is 1. The third-order valence-corrected chi connectivity index (χ3v) is 4.30. The SMILES string of the molecule is CCN(CC)N1CC2=C(c3cccnc31)C(C)NC(=O)C2. The van der Waals surface area contributed by atoms with Gasteiger partial charge in [-0.25, -0.2) is 9.99 Å². The van der Waals surface area contributed by atoms with Crippen molar-refractivity contribution in [1.82, 2.24) is 15.3 Å². The Labute approximate surface area is 125 Å². The van der Waals surface area contributed by atoms with Crippen LogP contribution < -0.4 is 10.3 Å². The van der Waals surface area contributed by atoms with Gasteiger partial charge in [-0.05, 0) is 30.2 Å². The van der Waals surface area contributed by atoms with Crippen molar-refractivity contribution in [1.29, 1.82) is 0 Å². The highest BCUT2D eigenvalue weighted by Crippen LogP contribution is 2.38. The molecule has 0 aliphatic carbocycles. The summed E-state index contributed by atoms with van der Waals surface area (Å²) >= 11 is 0. The first kappa shape index (κ1) is 14.1. The number of pyridine rings is 1. The van der Waals surface area contributed by atoms with Gasteiger partial charge in [0.1, 0.15) is 0 Å². The Morgan fingerprint density at radius 1 is 1.43 bits per heavy atom. The van der Waals surface area contributed by atoms with E-state index >= 15 is 0 Å². The quantitative estimate of drug-likeness (QED) is 0.921. The summed E-state index contributed by atoms with van der Waals surface area (Å²) in [6.45, 7) is 8.96. The molecule has 0 radical (unpaired) electrons. The monoisotopic (exact) mass is 286 g/mol. The minimum absolute atomic E-state index is 0.0584. The molecule has 2 aliphatic heterocycles. The Morgan fingerprint density at radius 3 is 2.90 bits per heavy atom. The summed E-state index contributed by atoms with van der Waals surface area (Å²) in [5.74, 6) is 1.12. The Hall–Kier alpha value is -1.88. The summed E-state index contributed by atoms with van der Waals surface area (Å²) in [4.78, 5) is 16.5. The van der Waals surface area contributed by atoms with Gasteiger partial charge < -0.3 is 5.32 Å². The Morgan fingerprint density at radius 2 is 2.19 bits per heavy atom. The molecular weight excluding hydrogens is 264 g/mol. The Bertz CT molecular complexity index is 592. The zero-order valence-electron chi connectivity index (χ0n) is 12.9. The molecular formula is C16H22N4O. The van der Waals surface area contributed by atoms with Crippen LogP contribution in [0.2, 0.25) is 0 Å². The first-order chi connectivity index (χ1) is 10.2. The van der Waals surface area contributed by atoms with Crippen molar-refractivity contribution >= 4 is 17.3 Å². The summed E-state index contributed by atoms with van der Waals surface area (Å²) in [6.07, 6.45) is 2.33. The average molecular weight is 286 g/mol. The summed E-state index contributed by atoms with van der Waals surface area (Å²) in [7, 11) is 0. The van der Waals surface area contributed by atoms with Crippen LogP contribution in [0.15, 0.2) is 23.9 Å². The second-order valence-electron chi connectivity index (χ2n) is 5.55. The van der Waals surface area contributed by atoms with E-state index in [1.807, 2.05) is 12.3 Å². The van der Waals surface area contributed by atoms with Gasteiger partial charge in [-0.3, -0.25) is 9.80 Å². The van der Waals surface area contributed by atoms with Crippen LogP contribution in [-0.4, -0.2) is 41.6 Å². The number of fused-ring (bicyclic) bond motifs is 2. The molecule has 112 valence electrons. The van der Waals surface area contributed by atoms with Crippen LogP contribution in [-0.2, 0) is 4.79 Å². The number of hydrogen-bond donors (Lipinski definition) is 1. The number of carbonyl (C=O) groups excluding carboxylic acids is 1.